The second-order valence-electron chi connectivity index (χ2n) is 7.55. The van der Waals surface area contributed by atoms with Gasteiger partial charge in [0.15, 0.2) is 0 Å². The van der Waals surface area contributed by atoms with Crippen molar-refractivity contribution in [2.45, 2.75) is 45.4 Å². The SMILES string of the molecule is CCn1cc(CN2CC3(C2)OCCC3CCNc2ncc(C)cn2)cn1. The van der Waals surface area contributed by atoms with Crippen LogP contribution in [0.2, 0.25) is 0 Å². The average Bonchev–Trinajstić information content (AvgIpc) is 3.24. The van der Waals surface area contributed by atoms with E-state index in [1.165, 1.54) is 5.56 Å². The number of anilines is 1. The summed E-state index contributed by atoms with van der Waals surface area (Å²) in [6.07, 6.45) is 10.1. The van der Waals surface area contributed by atoms with Gasteiger partial charge in [-0.2, -0.15) is 5.10 Å². The first kappa shape index (κ1) is 17.4. The van der Waals surface area contributed by atoms with Gasteiger partial charge in [0.05, 0.1) is 11.8 Å². The van der Waals surface area contributed by atoms with Gasteiger partial charge in [0.2, 0.25) is 5.95 Å². The summed E-state index contributed by atoms with van der Waals surface area (Å²) in [5.74, 6) is 1.32. The second kappa shape index (κ2) is 7.32. The molecule has 0 amide bonds. The number of hydrogen-bond donors (Lipinski definition) is 1. The van der Waals surface area contributed by atoms with Gasteiger partial charge in [0.25, 0.3) is 0 Å². The van der Waals surface area contributed by atoms with E-state index in [1.807, 2.05) is 30.2 Å². The van der Waals surface area contributed by atoms with E-state index >= 15 is 0 Å². The molecule has 4 rings (SSSR count). The third kappa shape index (κ3) is 3.59. The van der Waals surface area contributed by atoms with E-state index in [-0.39, 0.29) is 5.60 Å². The largest absolute Gasteiger partial charge is 0.372 e. The Bertz CT molecular complexity index is 722. The van der Waals surface area contributed by atoms with E-state index in [0.29, 0.717) is 11.9 Å². The van der Waals surface area contributed by atoms with Crippen LogP contribution in [0.1, 0.15) is 30.9 Å². The normalized spacial score (nSPS) is 21.8. The average molecular weight is 356 g/mol. The van der Waals surface area contributed by atoms with E-state index in [0.717, 1.165) is 57.7 Å². The van der Waals surface area contributed by atoms with E-state index in [2.05, 4.69) is 38.4 Å². The van der Waals surface area contributed by atoms with Gasteiger partial charge in [-0.1, -0.05) is 0 Å². The summed E-state index contributed by atoms with van der Waals surface area (Å²) in [5, 5.41) is 7.71. The molecular formula is C19H28N6O. The van der Waals surface area contributed by atoms with Gasteiger partial charge in [0, 0.05) is 63.5 Å². The van der Waals surface area contributed by atoms with Crippen molar-refractivity contribution in [3.8, 4) is 0 Å². The maximum absolute atomic E-state index is 6.18. The molecule has 140 valence electrons. The molecule has 0 bridgehead atoms. The Balaban J connectivity index is 1.25. The molecule has 1 atom stereocenters. The molecular weight excluding hydrogens is 328 g/mol. The zero-order valence-electron chi connectivity index (χ0n) is 15.7. The van der Waals surface area contributed by atoms with Crippen LogP contribution in [0.4, 0.5) is 5.95 Å². The molecule has 0 radical (unpaired) electrons. The summed E-state index contributed by atoms with van der Waals surface area (Å²) >= 11 is 0. The first-order valence-corrected chi connectivity index (χ1v) is 9.57. The van der Waals surface area contributed by atoms with Crippen molar-refractivity contribution < 1.29 is 4.74 Å². The third-order valence-corrected chi connectivity index (χ3v) is 5.56. The van der Waals surface area contributed by atoms with Crippen molar-refractivity contribution in [2.75, 3.05) is 31.6 Å². The zero-order chi connectivity index (χ0) is 18.0. The predicted octanol–water partition coefficient (Wildman–Crippen LogP) is 2.09. The summed E-state index contributed by atoms with van der Waals surface area (Å²) in [6.45, 7) is 9.82. The second-order valence-corrected chi connectivity index (χ2v) is 7.55. The molecule has 1 unspecified atom stereocenters. The molecule has 2 aromatic heterocycles. The van der Waals surface area contributed by atoms with Crippen LogP contribution >= 0.6 is 0 Å². The first-order valence-electron chi connectivity index (χ1n) is 9.57. The van der Waals surface area contributed by atoms with Crippen molar-refractivity contribution in [1.82, 2.24) is 24.6 Å². The highest BCUT2D eigenvalue weighted by atomic mass is 16.5. The number of nitrogens with one attached hydrogen (secondary N) is 1. The maximum Gasteiger partial charge on any atom is 0.222 e. The Hall–Kier alpha value is -1.99. The van der Waals surface area contributed by atoms with Gasteiger partial charge in [-0.15, -0.1) is 0 Å². The van der Waals surface area contributed by atoms with Crippen molar-refractivity contribution in [3.63, 3.8) is 0 Å². The smallest absolute Gasteiger partial charge is 0.222 e. The Morgan fingerprint density at radius 2 is 2.08 bits per heavy atom. The first-order chi connectivity index (χ1) is 12.7. The lowest BCUT2D eigenvalue weighted by molar-refractivity contribution is -0.136. The number of rotatable bonds is 7. The van der Waals surface area contributed by atoms with Gasteiger partial charge in [-0.05, 0) is 38.2 Å². The molecule has 7 heteroatoms. The lowest BCUT2D eigenvalue weighted by Crippen LogP contribution is -2.64. The van der Waals surface area contributed by atoms with Crippen LogP contribution in [0.5, 0.6) is 0 Å². The molecule has 1 spiro atoms. The summed E-state index contributed by atoms with van der Waals surface area (Å²) in [6, 6.07) is 0. The molecule has 2 fully saturated rings. The number of aromatic nitrogens is 4. The number of hydrogen-bond acceptors (Lipinski definition) is 6. The number of aryl methyl sites for hydroxylation is 2. The van der Waals surface area contributed by atoms with Gasteiger partial charge in [-0.25, -0.2) is 9.97 Å². The lowest BCUT2D eigenvalue weighted by Gasteiger charge is -2.50. The van der Waals surface area contributed by atoms with Gasteiger partial charge < -0.3 is 10.1 Å². The van der Waals surface area contributed by atoms with Crippen molar-refractivity contribution in [2.24, 2.45) is 5.92 Å². The van der Waals surface area contributed by atoms with Crippen LogP contribution in [0.25, 0.3) is 0 Å². The summed E-state index contributed by atoms with van der Waals surface area (Å²) in [4.78, 5) is 11.1. The summed E-state index contributed by atoms with van der Waals surface area (Å²) < 4.78 is 8.17. The van der Waals surface area contributed by atoms with E-state index in [4.69, 9.17) is 4.74 Å². The standard InChI is InChI=1S/C19H28N6O/c1-3-25-12-16(10-23-25)11-24-13-19(14-24)17(5-7-26-19)4-6-20-18-21-8-15(2)9-22-18/h8-10,12,17H,3-7,11,13-14H2,1-2H3,(H,20,21,22). The Morgan fingerprint density at radius 1 is 1.27 bits per heavy atom. The van der Waals surface area contributed by atoms with Crippen LogP contribution in [0, 0.1) is 12.8 Å². The quantitative estimate of drug-likeness (QED) is 0.819. The highest BCUT2D eigenvalue weighted by Gasteiger charge is 2.52. The minimum atomic E-state index is 0.0521. The predicted molar refractivity (Wildman–Crippen MR) is 99.8 cm³/mol. The van der Waals surface area contributed by atoms with Gasteiger partial charge in [0.1, 0.15) is 0 Å². The van der Waals surface area contributed by atoms with Crippen molar-refractivity contribution in [1.29, 1.82) is 0 Å². The molecule has 1 N–H and O–H groups in total. The lowest BCUT2D eigenvalue weighted by atomic mass is 9.79. The molecule has 2 aliphatic rings. The van der Waals surface area contributed by atoms with E-state index in [1.54, 1.807) is 0 Å². The van der Waals surface area contributed by atoms with E-state index < -0.39 is 0 Å². The Morgan fingerprint density at radius 3 is 2.81 bits per heavy atom. The summed E-state index contributed by atoms with van der Waals surface area (Å²) in [5.41, 5.74) is 2.42. The van der Waals surface area contributed by atoms with Crippen molar-refractivity contribution >= 4 is 5.95 Å². The third-order valence-electron chi connectivity index (χ3n) is 5.56. The molecule has 2 saturated heterocycles. The van der Waals surface area contributed by atoms with E-state index in [9.17, 15) is 0 Å². The van der Waals surface area contributed by atoms with Crippen LogP contribution in [-0.4, -0.2) is 56.5 Å². The monoisotopic (exact) mass is 356 g/mol. The van der Waals surface area contributed by atoms with Crippen LogP contribution in [0.3, 0.4) is 0 Å². The van der Waals surface area contributed by atoms with Crippen molar-refractivity contribution in [3.05, 3.63) is 35.9 Å². The molecule has 0 aliphatic carbocycles. The fourth-order valence-corrected chi connectivity index (χ4v) is 4.13. The molecule has 4 heterocycles. The van der Waals surface area contributed by atoms with Gasteiger partial charge in [-0.3, -0.25) is 9.58 Å². The topological polar surface area (TPSA) is 68.1 Å². The Labute approximate surface area is 154 Å². The molecule has 2 aromatic rings. The molecule has 0 aromatic carbocycles. The fourth-order valence-electron chi connectivity index (χ4n) is 4.13. The minimum Gasteiger partial charge on any atom is -0.372 e. The molecule has 26 heavy (non-hydrogen) atoms. The number of likely N-dealkylation sites (tertiary alicyclic amines) is 1. The molecule has 7 nitrogen and oxygen atoms in total. The van der Waals surface area contributed by atoms with Crippen LogP contribution < -0.4 is 5.32 Å². The fraction of sp³-hybridized carbons (Fsp3) is 0.632. The minimum absolute atomic E-state index is 0.0521. The highest BCUT2D eigenvalue weighted by Crippen LogP contribution is 2.42. The number of ether oxygens (including phenoxy) is 1. The zero-order valence-corrected chi connectivity index (χ0v) is 15.7. The highest BCUT2D eigenvalue weighted by molar-refractivity contribution is 5.24. The molecule has 0 saturated carbocycles. The summed E-state index contributed by atoms with van der Waals surface area (Å²) in [7, 11) is 0. The molecule has 2 aliphatic heterocycles. The maximum atomic E-state index is 6.18. The van der Waals surface area contributed by atoms with Crippen LogP contribution in [-0.2, 0) is 17.8 Å². The van der Waals surface area contributed by atoms with Crippen LogP contribution in [0.15, 0.2) is 24.8 Å². The number of nitrogens with zero attached hydrogens (tertiary/aromatic N) is 5. The van der Waals surface area contributed by atoms with Gasteiger partial charge >= 0.3 is 0 Å². The Kier molecular flexibility index (Phi) is 4.91.